The van der Waals surface area contributed by atoms with E-state index in [-0.39, 0.29) is 11.9 Å². The molecule has 4 rings (SSSR count). The third kappa shape index (κ3) is 3.04. The SMILES string of the molecule is CCC1CCC(N(C)C(=O)n2cnc3c2C3c2cccc(N(C)C(N)=O)c2)C1. The van der Waals surface area contributed by atoms with Crippen LogP contribution in [0.4, 0.5) is 15.3 Å². The third-order valence-corrected chi connectivity index (χ3v) is 6.37. The second kappa shape index (κ2) is 6.96. The molecule has 3 unspecified atom stereocenters. The van der Waals surface area contributed by atoms with Crippen molar-refractivity contribution in [2.24, 2.45) is 11.7 Å². The fourth-order valence-corrected chi connectivity index (χ4v) is 4.39. The number of hydrogen-bond acceptors (Lipinski definition) is 3. The van der Waals surface area contributed by atoms with Crippen molar-refractivity contribution in [2.45, 2.75) is 44.6 Å². The highest BCUT2D eigenvalue weighted by Crippen LogP contribution is 2.48. The Balaban J connectivity index is 1.51. The summed E-state index contributed by atoms with van der Waals surface area (Å²) >= 11 is 0. The number of anilines is 1. The van der Waals surface area contributed by atoms with E-state index in [0.29, 0.717) is 6.04 Å². The molecule has 0 radical (unpaired) electrons. The van der Waals surface area contributed by atoms with Gasteiger partial charge in [-0.3, -0.25) is 9.47 Å². The van der Waals surface area contributed by atoms with Gasteiger partial charge < -0.3 is 10.6 Å². The van der Waals surface area contributed by atoms with Gasteiger partial charge in [-0.1, -0.05) is 25.5 Å². The molecule has 1 saturated carbocycles. The van der Waals surface area contributed by atoms with Crippen LogP contribution in [-0.4, -0.2) is 46.7 Å². The molecule has 2 aliphatic carbocycles. The Labute approximate surface area is 165 Å². The van der Waals surface area contributed by atoms with E-state index >= 15 is 0 Å². The van der Waals surface area contributed by atoms with E-state index in [1.54, 1.807) is 17.9 Å². The van der Waals surface area contributed by atoms with Gasteiger partial charge in [0, 0.05) is 25.8 Å². The van der Waals surface area contributed by atoms with Crippen molar-refractivity contribution in [3.8, 4) is 0 Å². The van der Waals surface area contributed by atoms with Crippen molar-refractivity contribution in [1.82, 2.24) is 14.5 Å². The molecule has 2 aromatic rings. The molecule has 0 saturated heterocycles. The fraction of sp³-hybridized carbons (Fsp3) is 0.476. The molecular formula is C21H27N5O2. The highest BCUT2D eigenvalue weighted by atomic mass is 16.2. The van der Waals surface area contributed by atoms with Crippen LogP contribution in [0, 0.1) is 5.92 Å². The van der Waals surface area contributed by atoms with Crippen molar-refractivity contribution in [2.75, 3.05) is 19.0 Å². The summed E-state index contributed by atoms with van der Waals surface area (Å²) in [6.07, 6.45) is 6.16. The van der Waals surface area contributed by atoms with E-state index in [2.05, 4.69) is 11.9 Å². The molecule has 1 fully saturated rings. The lowest BCUT2D eigenvalue weighted by atomic mass is 10.1. The zero-order chi connectivity index (χ0) is 20.0. The number of imidazole rings is 1. The molecule has 0 spiro atoms. The van der Waals surface area contributed by atoms with Crippen molar-refractivity contribution in [3.63, 3.8) is 0 Å². The summed E-state index contributed by atoms with van der Waals surface area (Å²) in [6.45, 7) is 2.22. The average Bonchev–Trinajstić information content (AvgIpc) is 3.05. The molecule has 7 heteroatoms. The lowest BCUT2D eigenvalue weighted by Crippen LogP contribution is -2.38. The number of nitrogens with two attached hydrogens (primary N) is 1. The monoisotopic (exact) mass is 381 g/mol. The maximum Gasteiger partial charge on any atom is 0.329 e. The molecule has 1 aromatic heterocycles. The number of carbonyl (C=O) groups excluding carboxylic acids is 2. The fourth-order valence-electron chi connectivity index (χ4n) is 4.39. The van der Waals surface area contributed by atoms with Crippen molar-refractivity contribution in [1.29, 1.82) is 0 Å². The van der Waals surface area contributed by atoms with Gasteiger partial charge in [0.25, 0.3) is 0 Å². The van der Waals surface area contributed by atoms with Gasteiger partial charge >= 0.3 is 12.1 Å². The number of aromatic nitrogens is 2. The minimum Gasteiger partial charge on any atom is -0.351 e. The van der Waals surface area contributed by atoms with Crippen LogP contribution < -0.4 is 10.6 Å². The number of nitrogens with zero attached hydrogens (tertiary/aromatic N) is 4. The van der Waals surface area contributed by atoms with E-state index in [4.69, 9.17) is 5.73 Å². The van der Waals surface area contributed by atoms with E-state index in [9.17, 15) is 9.59 Å². The summed E-state index contributed by atoms with van der Waals surface area (Å²) in [5, 5.41) is 0. The Kier molecular flexibility index (Phi) is 4.61. The molecule has 0 aliphatic heterocycles. The predicted molar refractivity (Wildman–Crippen MR) is 108 cm³/mol. The first-order valence-corrected chi connectivity index (χ1v) is 9.89. The average molecular weight is 381 g/mol. The maximum absolute atomic E-state index is 13.1. The van der Waals surface area contributed by atoms with Gasteiger partial charge in [0.05, 0.1) is 17.3 Å². The number of hydrogen-bond donors (Lipinski definition) is 1. The van der Waals surface area contributed by atoms with Gasteiger partial charge in [-0.2, -0.15) is 0 Å². The number of urea groups is 1. The Bertz CT molecular complexity index is 921. The number of primary amides is 1. The van der Waals surface area contributed by atoms with E-state index in [0.717, 1.165) is 41.4 Å². The molecule has 1 heterocycles. The molecule has 3 atom stereocenters. The minimum absolute atomic E-state index is 0.00976. The Morgan fingerprint density at radius 3 is 2.75 bits per heavy atom. The van der Waals surface area contributed by atoms with Gasteiger partial charge in [-0.25, -0.2) is 14.6 Å². The van der Waals surface area contributed by atoms with E-state index in [1.165, 1.54) is 17.7 Å². The molecule has 148 valence electrons. The Morgan fingerprint density at radius 2 is 2.07 bits per heavy atom. The lowest BCUT2D eigenvalue weighted by molar-refractivity contribution is 0.190. The number of rotatable bonds is 4. The maximum atomic E-state index is 13.1. The highest BCUT2D eigenvalue weighted by molar-refractivity contribution is 5.90. The summed E-state index contributed by atoms with van der Waals surface area (Å²) < 4.78 is 1.68. The number of carbonyl (C=O) groups is 2. The van der Waals surface area contributed by atoms with Crippen LogP contribution in [-0.2, 0) is 0 Å². The number of benzene rings is 1. The smallest absolute Gasteiger partial charge is 0.329 e. The van der Waals surface area contributed by atoms with Gasteiger partial charge in [0.15, 0.2) is 0 Å². The van der Waals surface area contributed by atoms with Gasteiger partial charge in [-0.15, -0.1) is 0 Å². The normalized spacial score (nSPS) is 22.6. The standard InChI is InChI=1S/C21H27N5O2/c1-4-13-8-9-16(10-13)25(3)21(28)26-12-23-18-17(19(18)26)14-6-5-7-15(11-14)24(2)20(22)27/h5-7,11-13,16-17H,4,8-10H2,1-3H3,(H2,22,27). The highest BCUT2D eigenvalue weighted by Gasteiger charge is 2.43. The molecule has 3 amide bonds. The summed E-state index contributed by atoms with van der Waals surface area (Å²) in [4.78, 5) is 32.2. The minimum atomic E-state index is -0.508. The second-order valence-electron chi connectivity index (χ2n) is 7.94. The Morgan fingerprint density at radius 1 is 1.29 bits per heavy atom. The molecule has 1 aromatic carbocycles. The molecule has 28 heavy (non-hydrogen) atoms. The van der Waals surface area contributed by atoms with Crippen LogP contribution in [0.5, 0.6) is 0 Å². The molecule has 2 aliphatic rings. The van der Waals surface area contributed by atoms with Crippen LogP contribution in [0.3, 0.4) is 0 Å². The van der Waals surface area contributed by atoms with Crippen molar-refractivity contribution < 1.29 is 9.59 Å². The Hall–Kier alpha value is -2.83. The van der Waals surface area contributed by atoms with Crippen LogP contribution >= 0.6 is 0 Å². The van der Waals surface area contributed by atoms with Crippen molar-refractivity contribution >= 4 is 17.7 Å². The van der Waals surface area contributed by atoms with Gasteiger partial charge in [0.2, 0.25) is 0 Å². The lowest BCUT2D eigenvalue weighted by Gasteiger charge is -2.25. The first-order chi connectivity index (χ1) is 13.4. The summed E-state index contributed by atoms with van der Waals surface area (Å²) in [5.74, 6) is 0.733. The predicted octanol–water partition coefficient (Wildman–Crippen LogP) is 3.37. The third-order valence-electron chi connectivity index (χ3n) is 6.37. The molecule has 2 N–H and O–H groups in total. The quantitative estimate of drug-likeness (QED) is 0.752. The van der Waals surface area contributed by atoms with Crippen molar-refractivity contribution in [3.05, 3.63) is 47.5 Å². The zero-order valence-corrected chi connectivity index (χ0v) is 16.6. The number of fused-ring (bicyclic) bond motifs is 1. The zero-order valence-electron chi connectivity index (χ0n) is 16.6. The van der Waals surface area contributed by atoms with Gasteiger partial charge in [0.1, 0.15) is 6.33 Å². The molecule has 7 nitrogen and oxygen atoms in total. The topological polar surface area (TPSA) is 84.5 Å². The summed E-state index contributed by atoms with van der Waals surface area (Å²) in [7, 11) is 3.54. The van der Waals surface area contributed by atoms with E-state index in [1.807, 2.05) is 36.2 Å². The van der Waals surface area contributed by atoms with Crippen LogP contribution in [0.1, 0.15) is 55.5 Å². The summed E-state index contributed by atoms with van der Waals surface area (Å²) in [6, 6.07) is 7.44. The number of amides is 3. The van der Waals surface area contributed by atoms with Gasteiger partial charge in [-0.05, 0) is 42.9 Å². The van der Waals surface area contributed by atoms with Crippen LogP contribution in [0.25, 0.3) is 0 Å². The van der Waals surface area contributed by atoms with Crippen LogP contribution in [0.15, 0.2) is 30.6 Å². The van der Waals surface area contributed by atoms with E-state index < -0.39 is 6.03 Å². The first-order valence-electron chi connectivity index (χ1n) is 9.89. The summed E-state index contributed by atoms with van der Waals surface area (Å²) in [5.41, 5.74) is 8.99. The molecular weight excluding hydrogens is 354 g/mol. The largest absolute Gasteiger partial charge is 0.351 e. The van der Waals surface area contributed by atoms with Crippen LogP contribution in [0.2, 0.25) is 0 Å². The molecule has 0 bridgehead atoms. The first kappa shape index (κ1) is 18.5. The second-order valence-corrected chi connectivity index (χ2v) is 7.94.